The SMILES string of the molecule is C/C(=N\NC(=S)SCc1ccccc1)c1ccc(O)cc1O. The lowest BCUT2D eigenvalue weighted by Gasteiger charge is -2.07. The van der Waals surface area contributed by atoms with E-state index in [1.807, 2.05) is 30.3 Å². The van der Waals surface area contributed by atoms with Gasteiger partial charge < -0.3 is 10.2 Å². The van der Waals surface area contributed by atoms with Crippen molar-refractivity contribution in [2.45, 2.75) is 12.7 Å². The molecule has 0 saturated heterocycles. The highest BCUT2D eigenvalue weighted by Crippen LogP contribution is 2.23. The highest BCUT2D eigenvalue weighted by atomic mass is 32.2. The second-order valence-corrected chi connectivity index (χ2v) is 6.22. The Morgan fingerprint density at radius 3 is 2.59 bits per heavy atom. The first-order chi connectivity index (χ1) is 10.6. The molecule has 0 fully saturated rings. The summed E-state index contributed by atoms with van der Waals surface area (Å²) in [4.78, 5) is 0. The van der Waals surface area contributed by atoms with Crippen LogP contribution in [0.5, 0.6) is 11.5 Å². The van der Waals surface area contributed by atoms with Crippen molar-refractivity contribution in [3.8, 4) is 11.5 Å². The van der Waals surface area contributed by atoms with Crippen molar-refractivity contribution in [3.05, 3.63) is 59.7 Å². The molecular weight excluding hydrogens is 316 g/mol. The number of benzene rings is 2. The van der Waals surface area contributed by atoms with E-state index in [0.29, 0.717) is 15.6 Å². The van der Waals surface area contributed by atoms with Gasteiger partial charge >= 0.3 is 0 Å². The number of hydrazone groups is 1. The Morgan fingerprint density at radius 1 is 1.18 bits per heavy atom. The summed E-state index contributed by atoms with van der Waals surface area (Å²) in [6.45, 7) is 1.75. The van der Waals surface area contributed by atoms with E-state index < -0.39 is 0 Å². The number of aromatic hydroxyl groups is 2. The summed E-state index contributed by atoms with van der Waals surface area (Å²) in [6.07, 6.45) is 0. The second kappa shape index (κ2) is 7.82. The molecular formula is C16H16N2O2S2. The van der Waals surface area contributed by atoms with Gasteiger partial charge in [-0.05, 0) is 24.6 Å². The maximum atomic E-state index is 9.77. The molecule has 0 aromatic heterocycles. The van der Waals surface area contributed by atoms with Crippen molar-refractivity contribution >= 4 is 34.0 Å². The monoisotopic (exact) mass is 332 g/mol. The smallest absolute Gasteiger partial charge is 0.154 e. The Morgan fingerprint density at radius 2 is 1.91 bits per heavy atom. The van der Waals surface area contributed by atoms with Crippen LogP contribution in [0.25, 0.3) is 0 Å². The van der Waals surface area contributed by atoms with Gasteiger partial charge in [0, 0.05) is 17.4 Å². The Labute approximate surface area is 138 Å². The van der Waals surface area contributed by atoms with Gasteiger partial charge in [-0.3, -0.25) is 5.43 Å². The van der Waals surface area contributed by atoms with Crippen molar-refractivity contribution in [3.63, 3.8) is 0 Å². The summed E-state index contributed by atoms with van der Waals surface area (Å²) in [5.74, 6) is 0.757. The van der Waals surface area contributed by atoms with E-state index in [1.54, 1.807) is 13.0 Å². The normalized spacial score (nSPS) is 11.2. The molecule has 22 heavy (non-hydrogen) atoms. The summed E-state index contributed by atoms with van der Waals surface area (Å²) in [5, 5.41) is 23.2. The Bertz CT molecular complexity index is 688. The van der Waals surface area contributed by atoms with Crippen LogP contribution in [0.15, 0.2) is 53.6 Å². The minimum Gasteiger partial charge on any atom is -0.508 e. The first-order valence-electron chi connectivity index (χ1n) is 6.59. The number of hydrogen-bond acceptors (Lipinski definition) is 5. The van der Waals surface area contributed by atoms with Gasteiger partial charge in [0.05, 0.1) is 5.71 Å². The van der Waals surface area contributed by atoms with Gasteiger partial charge in [-0.1, -0.05) is 54.3 Å². The Kier molecular flexibility index (Phi) is 5.80. The summed E-state index contributed by atoms with van der Waals surface area (Å²) >= 11 is 6.70. The van der Waals surface area contributed by atoms with Crippen LogP contribution < -0.4 is 5.43 Å². The van der Waals surface area contributed by atoms with Crippen molar-refractivity contribution in [1.82, 2.24) is 5.43 Å². The van der Waals surface area contributed by atoms with Gasteiger partial charge in [-0.15, -0.1) is 0 Å². The molecule has 0 atom stereocenters. The van der Waals surface area contributed by atoms with E-state index in [1.165, 1.54) is 29.5 Å². The van der Waals surface area contributed by atoms with Gasteiger partial charge in [0.1, 0.15) is 11.5 Å². The Hall–Kier alpha value is -2.05. The lowest BCUT2D eigenvalue weighted by molar-refractivity contribution is 0.450. The van der Waals surface area contributed by atoms with E-state index >= 15 is 0 Å². The van der Waals surface area contributed by atoms with Gasteiger partial charge in [-0.25, -0.2) is 0 Å². The number of nitrogens with one attached hydrogen (secondary N) is 1. The summed E-state index contributed by atoms with van der Waals surface area (Å²) in [5.41, 5.74) is 5.12. The van der Waals surface area contributed by atoms with Crippen LogP contribution in [0, 0.1) is 0 Å². The first-order valence-corrected chi connectivity index (χ1v) is 7.99. The summed E-state index contributed by atoms with van der Waals surface area (Å²) in [6, 6.07) is 14.4. The van der Waals surface area contributed by atoms with Crippen molar-refractivity contribution in [2.75, 3.05) is 0 Å². The molecule has 4 nitrogen and oxygen atoms in total. The van der Waals surface area contributed by atoms with Gasteiger partial charge in [0.2, 0.25) is 0 Å². The maximum absolute atomic E-state index is 9.77. The third-order valence-electron chi connectivity index (χ3n) is 2.90. The average Bonchev–Trinajstić information content (AvgIpc) is 2.51. The zero-order valence-corrected chi connectivity index (χ0v) is 13.6. The fourth-order valence-corrected chi connectivity index (χ4v) is 2.59. The van der Waals surface area contributed by atoms with Crippen LogP contribution in [0.1, 0.15) is 18.1 Å². The maximum Gasteiger partial charge on any atom is 0.154 e. The van der Waals surface area contributed by atoms with Crippen molar-refractivity contribution in [1.29, 1.82) is 0 Å². The molecule has 114 valence electrons. The number of phenolic OH excluding ortho intramolecular Hbond substituents is 2. The highest BCUT2D eigenvalue weighted by Gasteiger charge is 2.06. The van der Waals surface area contributed by atoms with Crippen LogP contribution in [0.2, 0.25) is 0 Å². The van der Waals surface area contributed by atoms with E-state index in [2.05, 4.69) is 10.5 Å². The summed E-state index contributed by atoms with van der Waals surface area (Å²) in [7, 11) is 0. The van der Waals surface area contributed by atoms with Crippen LogP contribution >= 0.6 is 24.0 Å². The minimum absolute atomic E-state index is 0.0101. The number of phenols is 2. The van der Waals surface area contributed by atoms with Crippen molar-refractivity contribution in [2.24, 2.45) is 5.10 Å². The topological polar surface area (TPSA) is 64.9 Å². The molecule has 0 aliphatic heterocycles. The van der Waals surface area contributed by atoms with Gasteiger partial charge in [0.15, 0.2) is 4.32 Å². The number of thiocarbonyl (C=S) groups is 1. The zero-order chi connectivity index (χ0) is 15.9. The van der Waals surface area contributed by atoms with Gasteiger partial charge in [-0.2, -0.15) is 5.10 Å². The van der Waals surface area contributed by atoms with Crippen LogP contribution in [-0.2, 0) is 5.75 Å². The molecule has 0 amide bonds. The standard InChI is InChI=1S/C16H16N2O2S2/c1-11(14-8-7-13(19)9-15(14)20)17-18-16(21)22-10-12-5-3-2-4-6-12/h2-9,19-20H,10H2,1H3,(H,18,21)/b17-11+. The van der Waals surface area contributed by atoms with E-state index in [0.717, 1.165) is 5.75 Å². The predicted molar refractivity (Wildman–Crippen MR) is 95.5 cm³/mol. The predicted octanol–water partition coefficient (Wildman–Crippen LogP) is 3.63. The third kappa shape index (κ3) is 4.75. The van der Waals surface area contributed by atoms with E-state index in [-0.39, 0.29) is 11.5 Å². The minimum atomic E-state index is -0.0223. The average molecular weight is 332 g/mol. The van der Waals surface area contributed by atoms with Gasteiger partial charge in [0.25, 0.3) is 0 Å². The molecule has 3 N–H and O–H groups in total. The molecule has 0 spiro atoms. The molecule has 0 aliphatic rings. The zero-order valence-electron chi connectivity index (χ0n) is 12.0. The largest absolute Gasteiger partial charge is 0.508 e. The Balaban J connectivity index is 1.91. The van der Waals surface area contributed by atoms with Crippen molar-refractivity contribution < 1.29 is 10.2 Å². The lowest BCUT2D eigenvalue weighted by atomic mass is 10.1. The molecule has 0 bridgehead atoms. The van der Waals surface area contributed by atoms with Crippen LogP contribution in [0.3, 0.4) is 0 Å². The molecule has 0 heterocycles. The van der Waals surface area contributed by atoms with E-state index in [9.17, 15) is 10.2 Å². The molecule has 0 unspecified atom stereocenters. The van der Waals surface area contributed by atoms with E-state index in [4.69, 9.17) is 12.2 Å². The lowest BCUT2D eigenvalue weighted by Crippen LogP contribution is -2.14. The van der Waals surface area contributed by atoms with Crippen LogP contribution in [-0.4, -0.2) is 20.2 Å². The number of thioether (sulfide) groups is 1. The molecule has 6 heteroatoms. The second-order valence-electron chi connectivity index (χ2n) is 4.57. The highest BCUT2D eigenvalue weighted by molar-refractivity contribution is 8.22. The number of hydrogen-bond donors (Lipinski definition) is 3. The molecule has 0 radical (unpaired) electrons. The summed E-state index contributed by atoms with van der Waals surface area (Å²) < 4.78 is 0.557. The number of nitrogens with zero attached hydrogens (tertiary/aromatic N) is 1. The first kappa shape index (κ1) is 16.3. The third-order valence-corrected chi connectivity index (χ3v) is 4.17. The molecule has 2 rings (SSSR count). The quantitative estimate of drug-likeness (QED) is 0.453. The molecule has 2 aromatic rings. The molecule has 0 saturated carbocycles. The molecule has 2 aromatic carbocycles. The fraction of sp³-hybridized carbons (Fsp3) is 0.125. The van der Waals surface area contributed by atoms with Crippen LogP contribution in [0.4, 0.5) is 0 Å². The fourth-order valence-electron chi connectivity index (χ4n) is 1.77. The number of rotatable bonds is 4. The molecule has 0 aliphatic carbocycles.